The lowest BCUT2D eigenvalue weighted by molar-refractivity contribution is -0.870. The van der Waals surface area contributed by atoms with Crippen LogP contribution >= 0.6 is 0 Å². The number of carbonyl (C=O) groups excluding carboxylic acids is 1. The molecule has 0 atom stereocenters. The highest BCUT2D eigenvalue weighted by molar-refractivity contribution is 5.75. The molecule has 0 bridgehead atoms. The van der Waals surface area contributed by atoms with Crippen LogP contribution in [0.1, 0.15) is 57.8 Å². The molecule has 0 radical (unpaired) electrons. The lowest BCUT2D eigenvalue weighted by Crippen LogP contribution is -2.37. The SMILES string of the molecule is C=CCCCCCCCCC(=O)NCCC[N+](C)(C)C. The molecule has 0 rings (SSSR count). The van der Waals surface area contributed by atoms with Gasteiger partial charge in [-0.3, -0.25) is 4.79 Å². The molecule has 0 spiro atoms. The van der Waals surface area contributed by atoms with Gasteiger partial charge in [-0.25, -0.2) is 0 Å². The molecule has 3 heteroatoms. The lowest BCUT2D eigenvalue weighted by Gasteiger charge is -2.23. The third kappa shape index (κ3) is 15.2. The number of quaternary nitrogens is 1. The molecule has 0 heterocycles. The van der Waals surface area contributed by atoms with Crippen molar-refractivity contribution >= 4 is 5.91 Å². The van der Waals surface area contributed by atoms with Crippen molar-refractivity contribution in [1.29, 1.82) is 0 Å². The van der Waals surface area contributed by atoms with Gasteiger partial charge < -0.3 is 9.80 Å². The summed E-state index contributed by atoms with van der Waals surface area (Å²) in [6, 6.07) is 0. The summed E-state index contributed by atoms with van der Waals surface area (Å²) in [5.41, 5.74) is 0. The Morgan fingerprint density at radius 1 is 1.00 bits per heavy atom. The Kier molecular flexibility index (Phi) is 11.5. The van der Waals surface area contributed by atoms with Gasteiger partial charge in [0.2, 0.25) is 5.91 Å². The van der Waals surface area contributed by atoms with Crippen LogP contribution in [0.2, 0.25) is 0 Å². The highest BCUT2D eigenvalue weighted by Crippen LogP contribution is 2.08. The molecule has 0 aromatic heterocycles. The summed E-state index contributed by atoms with van der Waals surface area (Å²) in [4.78, 5) is 11.6. The molecule has 0 unspecified atom stereocenters. The number of hydrogen-bond donors (Lipinski definition) is 1. The molecule has 0 fully saturated rings. The van der Waals surface area contributed by atoms with E-state index in [1.807, 2.05) is 6.08 Å². The fourth-order valence-corrected chi connectivity index (χ4v) is 2.15. The summed E-state index contributed by atoms with van der Waals surface area (Å²) in [5, 5.41) is 3.01. The minimum atomic E-state index is 0.220. The van der Waals surface area contributed by atoms with Gasteiger partial charge in [0.1, 0.15) is 0 Å². The monoisotopic (exact) mass is 283 g/mol. The first-order valence-electron chi connectivity index (χ1n) is 8.14. The van der Waals surface area contributed by atoms with Gasteiger partial charge in [0.25, 0.3) is 0 Å². The van der Waals surface area contributed by atoms with Crippen molar-refractivity contribution in [2.24, 2.45) is 0 Å². The topological polar surface area (TPSA) is 29.1 Å². The van der Waals surface area contributed by atoms with E-state index in [0.717, 1.165) is 36.8 Å². The maximum atomic E-state index is 11.6. The van der Waals surface area contributed by atoms with Crippen molar-refractivity contribution in [2.45, 2.75) is 57.8 Å². The molecular formula is C17H35N2O+. The van der Waals surface area contributed by atoms with Gasteiger partial charge in [-0.15, -0.1) is 6.58 Å². The van der Waals surface area contributed by atoms with Crippen molar-refractivity contribution in [3.8, 4) is 0 Å². The van der Waals surface area contributed by atoms with E-state index in [1.165, 1.54) is 32.1 Å². The minimum Gasteiger partial charge on any atom is -0.356 e. The Morgan fingerprint density at radius 2 is 1.60 bits per heavy atom. The van der Waals surface area contributed by atoms with Gasteiger partial charge >= 0.3 is 0 Å². The van der Waals surface area contributed by atoms with Crippen LogP contribution in [0.15, 0.2) is 12.7 Å². The predicted octanol–water partition coefficient (Wildman–Crippen LogP) is 3.51. The van der Waals surface area contributed by atoms with E-state index in [2.05, 4.69) is 33.0 Å². The lowest BCUT2D eigenvalue weighted by atomic mass is 10.1. The molecule has 0 saturated heterocycles. The average Bonchev–Trinajstić information content (AvgIpc) is 2.37. The number of nitrogens with zero attached hydrogens (tertiary/aromatic N) is 1. The standard InChI is InChI=1S/C17H34N2O/c1-5-6-7-8-9-10-11-12-14-17(20)18-15-13-16-19(2,3)4/h5H,1,6-16H2,2-4H3/p+1. The molecule has 0 aliphatic heterocycles. The summed E-state index contributed by atoms with van der Waals surface area (Å²) in [6.45, 7) is 5.64. The average molecular weight is 283 g/mol. The van der Waals surface area contributed by atoms with E-state index >= 15 is 0 Å². The first-order chi connectivity index (χ1) is 9.45. The van der Waals surface area contributed by atoms with Crippen LogP contribution < -0.4 is 5.32 Å². The number of rotatable bonds is 13. The minimum absolute atomic E-state index is 0.220. The maximum Gasteiger partial charge on any atom is 0.219 e. The highest BCUT2D eigenvalue weighted by Gasteiger charge is 2.06. The molecular weight excluding hydrogens is 248 g/mol. The van der Waals surface area contributed by atoms with Gasteiger partial charge in [-0.2, -0.15) is 0 Å². The van der Waals surface area contributed by atoms with Gasteiger partial charge in [-0.1, -0.05) is 31.8 Å². The second-order valence-electron chi connectivity index (χ2n) is 6.67. The number of carbonyl (C=O) groups is 1. The molecule has 0 saturated carbocycles. The van der Waals surface area contributed by atoms with Crippen molar-refractivity contribution in [2.75, 3.05) is 34.2 Å². The third-order valence-electron chi connectivity index (χ3n) is 3.39. The second-order valence-corrected chi connectivity index (χ2v) is 6.67. The Bertz CT molecular complexity index is 256. The number of amides is 1. The van der Waals surface area contributed by atoms with Crippen molar-refractivity contribution in [3.63, 3.8) is 0 Å². The van der Waals surface area contributed by atoms with Gasteiger partial charge in [0.05, 0.1) is 27.7 Å². The zero-order chi connectivity index (χ0) is 15.3. The fourth-order valence-electron chi connectivity index (χ4n) is 2.15. The molecule has 3 nitrogen and oxygen atoms in total. The van der Waals surface area contributed by atoms with Gasteiger partial charge in [0, 0.05) is 19.4 Å². The molecule has 118 valence electrons. The third-order valence-corrected chi connectivity index (χ3v) is 3.39. The Labute approximate surface area is 126 Å². The summed E-state index contributed by atoms with van der Waals surface area (Å²) < 4.78 is 0.960. The zero-order valence-electron chi connectivity index (χ0n) is 13.9. The second kappa shape index (κ2) is 12.0. The van der Waals surface area contributed by atoms with Crippen LogP contribution in [0.4, 0.5) is 0 Å². The van der Waals surface area contributed by atoms with Crippen LogP contribution in [0.25, 0.3) is 0 Å². The van der Waals surface area contributed by atoms with Crippen molar-refractivity contribution in [3.05, 3.63) is 12.7 Å². The summed E-state index contributed by atoms with van der Waals surface area (Å²) in [7, 11) is 6.53. The smallest absolute Gasteiger partial charge is 0.219 e. The quantitative estimate of drug-likeness (QED) is 0.313. The maximum absolute atomic E-state index is 11.6. The highest BCUT2D eigenvalue weighted by atomic mass is 16.1. The first-order valence-corrected chi connectivity index (χ1v) is 8.14. The predicted molar refractivity (Wildman–Crippen MR) is 87.7 cm³/mol. The van der Waals surface area contributed by atoms with Gasteiger partial charge in [0.15, 0.2) is 0 Å². The summed E-state index contributed by atoms with van der Waals surface area (Å²) >= 11 is 0. The molecule has 0 aromatic rings. The van der Waals surface area contributed by atoms with Crippen LogP contribution in [0, 0.1) is 0 Å². The number of nitrogens with one attached hydrogen (secondary N) is 1. The molecule has 0 aliphatic carbocycles. The van der Waals surface area contributed by atoms with E-state index in [9.17, 15) is 4.79 Å². The van der Waals surface area contributed by atoms with E-state index < -0.39 is 0 Å². The molecule has 1 amide bonds. The fraction of sp³-hybridized carbons (Fsp3) is 0.824. The molecule has 0 aromatic carbocycles. The van der Waals surface area contributed by atoms with E-state index in [4.69, 9.17) is 0 Å². The summed E-state index contributed by atoms with van der Waals surface area (Å²) in [6.07, 6.45) is 12.2. The van der Waals surface area contributed by atoms with Crippen LogP contribution in [-0.4, -0.2) is 44.6 Å². The number of allylic oxidation sites excluding steroid dienone is 1. The summed E-state index contributed by atoms with van der Waals surface area (Å²) in [5.74, 6) is 0.220. The number of unbranched alkanes of at least 4 members (excludes halogenated alkanes) is 6. The first kappa shape index (κ1) is 19.2. The van der Waals surface area contributed by atoms with Crippen molar-refractivity contribution in [1.82, 2.24) is 5.32 Å². The zero-order valence-corrected chi connectivity index (χ0v) is 13.9. The Hall–Kier alpha value is -0.830. The van der Waals surface area contributed by atoms with E-state index in [1.54, 1.807) is 0 Å². The van der Waals surface area contributed by atoms with E-state index in [0.29, 0.717) is 6.42 Å². The molecule has 20 heavy (non-hydrogen) atoms. The van der Waals surface area contributed by atoms with Crippen LogP contribution in [-0.2, 0) is 4.79 Å². The van der Waals surface area contributed by atoms with Gasteiger partial charge in [-0.05, 0) is 19.3 Å². The van der Waals surface area contributed by atoms with E-state index in [-0.39, 0.29) is 5.91 Å². The van der Waals surface area contributed by atoms with Crippen molar-refractivity contribution < 1.29 is 9.28 Å². The molecule has 1 N–H and O–H groups in total. The Balaban J connectivity index is 3.26. The van der Waals surface area contributed by atoms with Crippen LogP contribution in [0.3, 0.4) is 0 Å². The number of hydrogen-bond acceptors (Lipinski definition) is 1. The van der Waals surface area contributed by atoms with Crippen LogP contribution in [0.5, 0.6) is 0 Å². The Morgan fingerprint density at radius 3 is 2.20 bits per heavy atom. The normalized spacial score (nSPS) is 11.3. The molecule has 0 aliphatic rings. The largest absolute Gasteiger partial charge is 0.356 e.